The fourth-order valence-corrected chi connectivity index (χ4v) is 12.7. The van der Waals surface area contributed by atoms with Crippen molar-refractivity contribution in [2.24, 2.45) is 0 Å². The van der Waals surface area contributed by atoms with Crippen LogP contribution in [0, 0.1) is 0 Å². The van der Waals surface area contributed by atoms with Crippen molar-refractivity contribution in [3.63, 3.8) is 0 Å². The molecule has 0 spiro atoms. The van der Waals surface area contributed by atoms with Crippen LogP contribution in [0.25, 0.3) is 48.6 Å². The Hall–Kier alpha value is -13.6. The van der Waals surface area contributed by atoms with E-state index in [1.807, 2.05) is 146 Å². The Labute approximate surface area is 621 Å². The van der Waals surface area contributed by atoms with E-state index in [4.69, 9.17) is 37.9 Å². The zero-order valence-corrected chi connectivity index (χ0v) is 60.5. The smallest absolute Gasteiger partial charge is 0.120 e. The van der Waals surface area contributed by atoms with Crippen LogP contribution in [0.5, 0.6) is 46.0 Å². The molecule has 12 heteroatoms. The van der Waals surface area contributed by atoms with Gasteiger partial charge in [0.05, 0.1) is 56.9 Å². The van der Waals surface area contributed by atoms with Gasteiger partial charge >= 0.3 is 0 Å². The second kappa shape index (κ2) is 33.9. The maximum absolute atomic E-state index is 5.71. The number of ether oxygens (including phenoxy) is 8. The average Bonchev–Trinajstić information content (AvgIpc) is 0.818. The van der Waals surface area contributed by atoms with Crippen molar-refractivity contribution in [3.8, 4) is 46.0 Å². The highest BCUT2D eigenvalue weighted by Gasteiger charge is 2.20. The summed E-state index contributed by atoms with van der Waals surface area (Å²) in [5, 5.41) is 0. The minimum atomic E-state index is 0.755. The fraction of sp³-hybridized carbons (Fsp3) is 0.0851. The molecule has 0 amide bonds. The number of rotatable bonds is 28. The molecule has 0 aliphatic rings. The predicted octanol–water partition coefficient (Wildman–Crippen LogP) is 24.3. The van der Waals surface area contributed by atoms with E-state index in [1.54, 1.807) is 56.9 Å². The summed E-state index contributed by atoms with van der Waals surface area (Å²) in [6, 6.07) is 104. The van der Waals surface area contributed by atoms with E-state index in [9.17, 15) is 0 Å². The van der Waals surface area contributed by atoms with Gasteiger partial charge in [-0.25, -0.2) is 0 Å². The summed E-state index contributed by atoms with van der Waals surface area (Å²) in [5.41, 5.74) is 19.5. The third kappa shape index (κ3) is 17.0. The third-order valence-electron chi connectivity index (χ3n) is 18.2. The Bertz CT molecular complexity index is 4420. The normalized spacial score (nSPS) is 11.2. The van der Waals surface area contributed by atoms with E-state index in [0.717, 1.165) is 159 Å². The minimum absolute atomic E-state index is 0.755. The summed E-state index contributed by atoms with van der Waals surface area (Å²) in [4.78, 5) is 8.80. The molecule has 0 aromatic heterocycles. The van der Waals surface area contributed by atoms with E-state index in [-0.39, 0.29) is 0 Å². The van der Waals surface area contributed by atoms with Gasteiger partial charge in [0.25, 0.3) is 0 Å². The molecular weight excluding hydrogens is 1310 g/mol. The molecule has 526 valence electrons. The van der Waals surface area contributed by atoms with Crippen molar-refractivity contribution in [1.29, 1.82) is 0 Å². The van der Waals surface area contributed by atoms with Crippen molar-refractivity contribution in [2.75, 3.05) is 76.5 Å². The van der Waals surface area contributed by atoms with E-state index >= 15 is 0 Å². The van der Waals surface area contributed by atoms with Crippen molar-refractivity contribution in [3.05, 3.63) is 348 Å². The molecule has 0 saturated carbocycles. The van der Waals surface area contributed by atoms with Crippen LogP contribution in [0.2, 0.25) is 0 Å². The first-order valence-corrected chi connectivity index (χ1v) is 34.7. The number of anilines is 12. The van der Waals surface area contributed by atoms with E-state index in [0.29, 0.717) is 0 Å². The average molecular weight is 1400 g/mol. The molecule has 13 rings (SSSR count). The van der Waals surface area contributed by atoms with Gasteiger partial charge in [0, 0.05) is 117 Å². The first kappa shape index (κ1) is 70.8. The Balaban J connectivity index is 0.919. The molecule has 12 nitrogen and oxygen atoms in total. The first-order chi connectivity index (χ1) is 52.1. The summed E-state index contributed by atoms with van der Waals surface area (Å²) < 4.78 is 45.7. The van der Waals surface area contributed by atoms with Gasteiger partial charge in [-0.1, -0.05) is 146 Å². The van der Waals surface area contributed by atoms with Crippen molar-refractivity contribution >= 4 is 117 Å². The van der Waals surface area contributed by atoms with Crippen molar-refractivity contribution in [1.82, 2.24) is 0 Å². The maximum Gasteiger partial charge on any atom is 0.120 e. The van der Waals surface area contributed by atoms with Crippen LogP contribution in [0.3, 0.4) is 0 Å². The highest BCUT2D eigenvalue weighted by Crippen LogP contribution is 2.43. The summed E-state index contributed by atoms with van der Waals surface area (Å²) in [7, 11) is 13.5. The molecule has 0 fully saturated rings. The molecule has 0 aliphatic heterocycles. The van der Waals surface area contributed by atoms with E-state index in [1.165, 1.54) is 0 Å². The molecule has 13 aromatic carbocycles. The zero-order valence-electron chi connectivity index (χ0n) is 60.5. The van der Waals surface area contributed by atoms with Gasteiger partial charge in [-0.15, -0.1) is 0 Å². The number of methoxy groups -OCH3 is 8. The van der Waals surface area contributed by atoms with Crippen molar-refractivity contribution < 1.29 is 37.9 Å². The maximum atomic E-state index is 5.71. The van der Waals surface area contributed by atoms with Gasteiger partial charge in [0.15, 0.2) is 0 Å². The molecule has 0 heterocycles. The number of benzene rings is 13. The van der Waals surface area contributed by atoms with Crippen LogP contribution in [0.15, 0.2) is 303 Å². The molecule has 0 saturated heterocycles. The van der Waals surface area contributed by atoms with Crippen LogP contribution in [0.4, 0.5) is 68.2 Å². The topological polar surface area (TPSA) is 86.8 Å². The Kier molecular flexibility index (Phi) is 22.7. The highest BCUT2D eigenvalue weighted by molar-refractivity contribution is 5.89. The van der Waals surface area contributed by atoms with Crippen LogP contribution < -0.4 is 57.5 Å². The lowest BCUT2D eigenvalue weighted by atomic mass is 9.95. The predicted molar refractivity (Wildman–Crippen MR) is 439 cm³/mol. The molecular formula is C94H82N4O8. The largest absolute Gasteiger partial charge is 0.497 e. The lowest BCUT2D eigenvalue weighted by molar-refractivity contribution is 0.414. The SMILES string of the molecule is COc1cccc(N(c2ccc(/C=C/c3cc(/C=C/c4ccc(N(c5cccc(OC)c5)c5cccc(OC)c5)cc4)c(/C=C/c4ccc(N(c5cccc(OC)c5)c5cccc(OC)c5)cc4)cc3/C=C/c3ccc(N(c4cccc(OC)c4)c4cccc(OC)c4)cc3)cc2)c2cccc(OC)c2)c1. The van der Waals surface area contributed by atoms with Crippen LogP contribution >= 0.6 is 0 Å². The standard InChI is InChI=1S/C94H82N4O8/c1-99-87-25-9-17-79(59-87)95(80-18-10-26-88(60-80)100-2)75-49-37-67(38-50-75)33-45-71-57-73(47-35-69-41-53-77(54-42-69)97(83-21-13-29-91(63-83)103-5)84-22-14-30-92(64-84)104-6)74(48-36-70-43-55-78(56-44-70)98(85-23-15-31-93(65-85)105-7)86-24-16-32-94(66-86)106-8)58-72(71)46-34-68-39-51-76(52-40-68)96(81-19-11-27-89(61-81)101-3)82-20-12-28-90(62-82)102-4/h9-66H,1-8H3/b45-33+,46-34+,47-35+,48-36+. The first-order valence-electron chi connectivity index (χ1n) is 34.7. The van der Waals surface area contributed by atoms with Gasteiger partial charge in [-0.2, -0.15) is 0 Å². The Morgan fingerprint density at radius 2 is 0.311 bits per heavy atom. The fourth-order valence-electron chi connectivity index (χ4n) is 12.7. The zero-order chi connectivity index (χ0) is 73.1. The molecule has 13 aromatic rings. The van der Waals surface area contributed by atoms with Gasteiger partial charge in [-0.3, -0.25) is 0 Å². The summed E-state index contributed by atoms with van der Waals surface area (Å²) in [5.74, 6) is 6.04. The van der Waals surface area contributed by atoms with Crippen molar-refractivity contribution in [2.45, 2.75) is 0 Å². The van der Waals surface area contributed by atoms with Crippen LogP contribution in [-0.4, -0.2) is 56.9 Å². The molecule has 0 aliphatic carbocycles. The van der Waals surface area contributed by atoms with Gasteiger partial charge in [0.1, 0.15) is 46.0 Å². The number of hydrogen-bond acceptors (Lipinski definition) is 12. The van der Waals surface area contributed by atoms with Gasteiger partial charge < -0.3 is 57.5 Å². The summed E-state index contributed by atoms with van der Waals surface area (Å²) >= 11 is 0. The number of hydrogen-bond donors (Lipinski definition) is 0. The van der Waals surface area contributed by atoms with Crippen LogP contribution in [-0.2, 0) is 0 Å². The molecule has 0 atom stereocenters. The number of nitrogens with zero attached hydrogens (tertiary/aromatic N) is 4. The molecule has 106 heavy (non-hydrogen) atoms. The quantitative estimate of drug-likeness (QED) is 0.0438. The molecule has 0 unspecified atom stereocenters. The van der Waals surface area contributed by atoms with E-state index < -0.39 is 0 Å². The summed E-state index contributed by atoms with van der Waals surface area (Å²) in [6.45, 7) is 0. The third-order valence-corrected chi connectivity index (χ3v) is 18.2. The summed E-state index contributed by atoms with van der Waals surface area (Å²) in [6.07, 6.45) is 17.6. The lowest BCUT2D eigenvalue weighted by Gasteiger charge is -2.26. The second-order valence-corrected chi connectivity index (χ2v) is 24.8. The minimum Gasteiger partial charge on any atom is -0.497 e. The Morgan fingerprint density at radius 1 is 0.160 bits per heavy atom. The molecule has 0 N–H and O–H groups in total. The van der Waals surface area contributed by atoms with Crippen LogP contribution in [0.1, 0.15) is 44.5 Å². The monoisotopic (exact) mass is 1390 g/mol. The second-order valence-electron chi connectivity index (χ2n) is 24.8. The van der Waals surface area contributed by atoms with E-state index in [2.05, 4.69) is 226 Å². The Morgan fingerprint density at radius 3 is 0.453 bits per heavy atom. The highest BCUT2D eigenvalue weighted by atomic mass is 16.5. The molecule has 0 bridgehead atoms. The van der Waals surface area contributed by atoms with Gasteiger partial charge in [0.2, 0.25) is 0 Å². The lowest BCUT2D eigenvalue weighted by Crippen LogP contribution is -2.10. The van der Waals surface area contributed by atoms with Gasteiger partial charge in [-0.05, 0) is 202 Å². The molecule has 0 radical (unpaired) electrons.